The van der Waals surface area contributed by atoms with Gasteiger partial charge in [0.2, 0.25) is 0 Å². The average molecular weight is 252 g/mol. The molecule has 0 aromatic heterocycles. The summed E-state index contributed by atoms with van der Waals surface area (Å²) in [6, 6.07) is 3.95. The van der Waals surface area contributed by atoms with Gasteiger partial charge >= 0.3 is 0 Å². The molecule has 4 nitrogen and oxygen atoms in total. The number of rotatable bonds is 4. The molecular weight excluding hydrogens is 235 g/mol. The average Bonchev–Trinajstić information content (AvgIpc) is 2.24. The lowest BCUT2D eigenvalue weighted by Crippen LogP contribution is -2.47. The first kappa shape index (κ1) is 12.8. The normalized spacial score (nSPS) is 22.3. The minimum atomic E-state index is -0.499. The van der Waals surface area contributed by atoms with Gasteiger partial charge in [0.25, 0.3) is 5.91 Å². The summed E-state index contributed by atoms with van der Waals surface area (Å²) < 4.78 is 18.5. The predicted molar refractivity (Wildman–Crippen MR) is 66.7 cm³/mol. The molecule has 1 fully saturated rings. The Morgan fingerprint density at radius 1 is 1.50 bits per heavy atom. The lowest BCUT2D eigenvalue weighted by Gasteiger charge is -2.35. The summed E-state index contributed by atoms with van der Waals surface area (Å²) in [7, 11) is 0. The number of ether oxygens (including phenoxy) is 1. The third kappa shape index (κ3) is 2.98. The Bertz CT molecular complexity index is 424. The summed E-state index contributed by atoms with van der Waals surface area (Å²) in [5.41, 5.74) is 6.00. The molecule has 1 saturated carbocycles. The van der Waals surface area contributed by atoms with E-state index < -0.39 is 5.82 Å². The molecule has 0 bridgehead atoms. The van der Waals surface area contributed by atoms with E-state index in [0.29, 0.717) is 6.61 Å². The van der Waals surface area contributed by atoms with E-state index in [1.165, 1.54) is 18.2 Å². The smallest absolute Gasteiger partial charge is 0.251 e. The predicted octanol–water partition coefficient (Wildman–Crippen LogP) is 1.71. The van der Waals surface area contributed by atoms with Crippen molar-refractivity contribution in [3.63, 3.8) is 0 Å². The van der Waals surface area contributed by atoms with Crippen molar-refractivity contribution in [2.45, 2.75) is 31.9 Å². The minimum absolute atomic E-state index is 0.110. The molecule has 1 aromatic rings. The summed E-state index contributed by atoms with van der Waals surface area (Å²) in [4.78, 5) is 11.8. The molecule has 5 heteroatoms. The number of nitrogens with one attached hydrogen (secondary N) is 1. The maximum Gasteiger partial charge on any atom is 0.251 e. The van der Waals surface area contributed by atoms with Crippen LogP contribution in [-0.4, -0.2) is 24.7 Å². The zero-order chi connectivity index (χ0) is 13.1. The molecule has 18 heavy (non-hydrogen) atoms. The number of carbonyl (C=O) groups is 1. The van der Waals surface area contributed by atoms with E-state index in [1.807, 2.05) is 6.92 Å². The molecule has 0 radical (unpaired) electrons. The fraction of sp³-hybridized carbons (Fsp3) is 0.462. The van der Waals surface area contributed by atoms with Crippen molar-refractivity contribution in [3.8, 4) is 0 Å². The number of amides is 1. The second-order valence-electron chi connectivity index (χ2n) is 4.49. The third-order valence-corrected chi connectivity index (χ3v) is 3.01. The van der Waals surface area contributed by atoms with Crippen molar-refractivity contribution in [2.24, 2.45) is 0 Å². The summed E-state index contributed by atoms with van der Waals surface area (Å²) in [6.45, 7) is 2.63. The molecule has 0 aliphatic heterocycles. The van der Waals surface area contributed by atoms with Crippen LogP contribution >= 0.6 is 0 Å². The Morgan fingerprint density at radius 3 is 2.83 bits per heavy atom. The van der Waals surface area contributed by atoms with Gasteiger partial charge in [0, 0.05) is 23.9 Å². The van der Waals surface area contributed by atoms with Crippen LogP contribution in [0.2, 0.25) is 0 Å². The second kappa shape index (κ2) is 5.35. The molecule has 0 unspecified atom stereocenters. The Hall–Kier alpha value is -1.62. The number of benzene rings is 1. The number of halogens is 1. The number of hydrogen-bond acceptors (Lipinski definition) is 3. The number of anilines is 1. The molecule has 2 rings (SSSR count). The summed E-state index contributed by atoms with van der Waals surface area (Å²) in [5, 5.41) is 2.83. The minimum Gasteiger partial charge on any atom is -0.399 e. The topological polar surface area (TPSA) is 64.3 Å². The van der Waals surface area contributed by atoms with Crippen LogP contribution in [0.1, 0.15) is 30.1 Å². The van der Waals surface area contributed by atoms with Gasteiger partial charge in [-0.25, -0.2) is 4.39 Å². The van der Waals surface area contributed by atoms with Crippen molar-refractivity contribution in [1.82, 2.24) is 5.32 Å². The van der Waals surface area contributed by atoms with Crippen molar-refractivity contribution >= 4 is 11.6 Å². The van der Waals surface area contributed by atoms with Crippen LogP contribution < -0.4 is 11.1 Å². The van der Waals surface area contributed by atoms with Gasteiger partial charge in [-0.15, -0.1) is 0 Å². The lowest BCUT2D eigenvalue weighted by molar-refractivity contribution is -0.00863. The van der Waals surface area contributed by atoms with Crippen LogP contribution in [-0.2, 0) is 4.74 Å². The molecule has 0 saturated heterocycles. The van der Waals surface area contributed by atoms with Gasteiger partial charge in [-0.05, 0) is 38.0 Å². The van der Waals surface area contributed by atoms with Crippen LogP contribution in [0.15, 0.2) is 18.2 Å². The molecule has 0 atom stereocenters. The Balaban J connectivity index is 1.89. The molecular formula is C13H17FN2O2. The maximum atomic E-state index is 13.1. The quantitative estimate of drug-likeness (QED) is 0.802. The maximum absolute atomic E-state index is 13.1. The first-order valence-electron chi connectivity index (χ1n) is 6.07. The van der Waals surface area contributed by atoms with Crippen LogP contribution in [0.5, 0.6) is 0 Å². The molecule has 0 spiro atoms. The molecule has 0 heterocycles. The van der Waals surface area contributed by atoms with Gasteiger partial charge in [-0.3, -0.25) is 4.79 Å². The highest BCUT2D eigenvalue weighted by molar-refractivity contribution is 5.95. The Labute approximate surface area is 105 Å². The first-order valence-corrected chi connectivity index (χ1v) is 6.07. The fourth-order valence-corrected chi connectivity index (χ4v) is 2.07. The Morgan fingerprint density at radius 2 is 2.22 bits per heavy atom. The van der Waals surface area contributed by atoms with Gasteiger partial charge in [0.1, 0.15) is 5.82 Å². The highest BCUT2D eigenvalue weighted by atomic mass is 19.1. The van der Waals surface area contributed by atoms with Gasteiger partial charge in [0.05, 0.1) is 6.10 Å². The number of hydrogen-bond donors (Lipinski definition) is 2. The van der Waals surface area contributed by atoms with Gasteiger partial charge in [-0.2, -0.15) is 0 Å². The van der Waals surface area contributed by atoms with E-state index in [0.717, 1.165) is 12.8 Å². The van der Waals surface area contributed by atoms with Crippen molar-refractivity contribution in [2.75, 3.05) is 12.3 Å². The highest BCUT2D eigenvalue weighted by Crippen LogP contribution is 2.23. The van der Waals surface area contributed by atoms with Crippen molar-refractivity contribution in [1.29, 1.82) is 0 Å². The van der Waals surface area contributed by atoms with E-state index in [4.69, 9.17) is 10.5 Å². The van der Waals surface area contributed by atoms with Crippen LogP contribution in [0, 0.1) is 5.82 Å². The zero-order valence-corrected chi connectivity index (χ0v) is 10.3. The monoisotopic (exact) mass is 252 g/mol. The van der Waals surface area contributed by atoms with E-state index in [-0.39, 0.29) is 29.3 Å². The molecule has 1 aliphatic rings. The zero-order valence-electron chi connectivity index (χ0n) is 10.3. The third-order valence-electron chi connectivity index (χ3n) is 3.01. The number of nitrogen functional groups attached to an aromatic ring is 1. The standard InChI is InChI=1S/C13H17FN2O2/c1-2-18-12-6-11(7-12)16-13(17)8-3-9(14)5-10(15)4-8/h3-5,11-12H,2,6-7,15H2,1H3,(H,16,17). The number of nitrogens with two attached hydrogens (primary N) is 1. The summed E-state index contributed by atoms with van der Waals surface area (Å²) >= 11 is 0. The fourth-order valence-electron chi connectivity index (χ4n) is 2.07. The van der Waals surface area contributed by atoms with Crippen LogP contribution in [0.25, 0.3) is 0 Å². The van der Waals surface area contributed by atoms with Crippen LogP contribution in [0.3, 0.4) is 0 Å². The largest absolute Gasteiger partial charge is 0.399 e. The van der Waals surface area contributed by atoms with E-state index in [2.05, 4.69) is 5.32 Å². The van der Waals surface area contributed by atoms with E-state index in [1.54, 1.807) is 0 Å². The van der Waals surface area contributed by atoms with E-state index >= 15 is 0 Å². The first-order chi connectivity index (χ1) is 8.58. The van der Waals surface area contributed by atoms with Crippen molar-refractivity contribution < 1.29 is 13.9 Å². The SMILES string of the molecule is CCOC1CC(NC(=O)c2cc(N)cc(F)c2)C1. The summed E-state index contributed by atoms with van der Waals surface area (Å²) in [5.74, 6) is -0.790. The lowest BCUT2D eigenvalue weighted by atomic mass is 9.89. The van der Waals surface area contributed by atoms with Gasteiger partial charge < -0.3 is 15.8 Å². The molecule has 1 aromatic carbocycles. The number of carbonyl (C=O) groups excluding carboxylic acids is 1. The van der Waals surface area contributed by atoms with Gasteiger partial charge in [0.15, 0.2) is 0 Å². The molecule has 1 aliphatic carbocycles. The van der Waals surface area contributed by atoms with E-state index in [9.17, 15) is 9.18 Å². The highest BCUT2D eigenvalue weighted by Gasteiger charge is 2.30. The van der Waals surface area contributed by atoms with Crippen molar-refractivity contribution in [3.05, 3.63) is 29.6 Å². The second-order valence-corrected chi connectivity index (χ2v) is 4.49. The molecule has 98 valence electrons. The molecule has 3 N–H and O–H groups in total. The van der Waals surface area contributed by atoms with Crippen LogP contribution in [0.4, 0.5) is 10.1 Å². The van der Waals surface area contributed by atoms with Gasteiger partial charge in [-0.1, -0.05) is 0 Å². The Kier molecular flexibility index (Phi) is 3.81. The summed E-state index contributed by atoms with van der Waals surface area (Å²) in [6.07, 6.45) is 1.85. The molecule has 1 amide bonds.